The third-order valence-corrected chi connectivity index (χ3v) is 3.73. The molecule has 0 aliphatic heterocycles. The first-order chi connectivity index (χ1) is 10.6. The van der Waals surface area contributed by atoms with Crippen LogP contribution in [0, 0.1) is 13.8 Å². The first kappa shape index (κ1) is 14.1. The summed E-state index contributed by atoms with van der Waals surface area (Å²) in [5.74, 6) is 0.823. The quantitative estimate of drug-likeness (QED) is 0.755. The lowest BCUT2D eigenvalue weighted by Crippen LogP contribution is -1.95. The highest BCUT2D eigenvalue weighted by molar-refractivity contribution is 5.79. The van der Waals surface area contributed by atoms with Crippen LogP contribution in [-0.2, 0) is 0 Å². The van der Waals surface area contributed by atoms with E-state index in [1.807, 2.05) is 44.2 Å². The second kappa shape index (κ2) is 5.48. The van der Waals surface area contributed by atoms with Crippen LogP contribution in [0.25, 0.3) is 22.3 Å². The molecule has 22 heavy (non-hydrogen) atoms. The van der Waals surface area contributed by atoms with E-state index in [0.717, 1.165) is 33.4 Å². The average Bonchev–Trinajstić information content (AvgIpc) is 2.53. The highest BCUT2D eigenvalue weighted by Gasteiger charge is 2.09. The summed E-state index contributed by atoms with van der Waals surface area (Å²) in [5, 5.41) is 9.91. The number of anilines is 1. The van der Waals surface area contributed by atoms with Crippen molar-refractivity contribution in [3.8, 4) is 28.0 Å². The summed E-state index contributed by atoms with van der Waals surface area (Å²) in [6.07, 6.45) is 5.22. The fraction of sp³-hybridized carbons (Fsp3) is 0.111. The van der Waals surface area contributed by atoms with Crippen molar-refractivity contribution in [1.29, 1.82) is 0 Å². The Morgan fingerprint density at radius 2 is 1.55 bits per heavy atom. The fourth-order valence-electron chi connectivity index (χ4n) is 2.52. The van der Waals surface area contributed by atoms with E-state index < -0.39 is 0 Å². The second-order valence-corrected chi connectivity index (χ2v) is 5.35. The summed E-state index contributed by atoms with van der Waals surface area (Å²) < 4.78 is 0. The highest BCUT2D eigenvalue weighted by Crippen LogP contribution is 2.32. The van der Waals surface area contributed by atoms with Crippen molar-refractivity contribution >= 4 is 5.82 Å². The molecule has 3 N–H and O–H groups in total. The number of hydrogen-bond acceptors (Lipinski definition) is 4. The molecule has 0 spiro atoms. The van der Waals surface area contributed by atoms with Crippen LogP contribution in [0.4, 0.5) is 5.82 Å². The maximum atomic E-state index is 9.91. The molecule has 2 heterocycles. The Bertz CT molecular complexity index is 806. The van der Waals surface area contributed by atoms with Gasteiger partial charge in [0.05, 0.1) is 0 Å². The molecule has 0 atom stereocenters. The highest BCUT2D eigenvalue weighted by atomic mass is 16.3. The van der Waals surface area contributed by atoms with Crippen molar-refractivity contribution in [2.75, 3.05) is 5.73 Å². The number of phenols is 1. The maximum Gasteiger partial charge on any atom is 0.131 e. The molecule has 0 aliphatic carbocycles. The van der Waals surface area contributed by atoms with E-state index in [1.165, 1.54) is 0 Å². The smallest absolute Gasteiger partial charge is 0.131 e. The first-order valence-electron chi connectivity index (χ1n) is 7.03. The molecule has 4 nitrogen and oxygen atoms in total. The zero-order valence-corrected chi connectivity index (χ0v) is 12.5. The van der Waals surface area contributed by atoms with Gasteiger partial charge in [-0.15, -0.1) is 0 Å². The van der Waals surface area contributed by atoms with Gasteiger partial charge in [0.15, 0.2) is 0 Å². The number of aromatic nitrogens is 2. The zero-order valence-electron chi connectivity index (χ0n) is 12.5. The molecule has 110 valence electrons. The van der Waals surface area contributed by atoms with Gasteiger partial charge in [-0.2, -0.15) is 0 Å². The van der Waals surface area contributed by atoms with Gasteiger partial charge in [-0.25, -0.2) is 4.98 Å². The number of nitrogens with two attached hydrogens (primary N) is 1. The molecule has 0 bridgehead atoms. The molecule has 0 amide bonds. The monoisotopic (exact) mass is 291 g/mol. The number of rotatable bonds is 2. The molecule has 4 heteroatoms. The number of aryl methyl sites for hydroxylation is 2. The number of phenolic OH excluding ortho intramolecular Hbond substituents is 1. The lowest BCUT2D eigenvalue weighted by molar-refractivity contribution is 0.467. The largest absolute Gasteiger partial charge is 0.507 e. The second-order valence-electron chi connectivity index (χ2n) is 5.35. The summed E-state index contributed by atoms with van der Waals surface area (Å²) >= 11 is 0. The number of pyridine rings is 2. The minimum Gasteiger partial charge on any atom is -0.507 e. The van der Waals surface area contributed by atoms with Crippen LogP contribution in [-0.4, -0.2) is 15.1 Å². The Morgan fingerprint density at radius 1 is 0.909 bits per heavy atom. The lowest BCUT2D eigenvalue weighted by Gasteiger charge is -2.11. The number of nitrogen functional groups attached to an aromatic ring is 1. The molecule has 0 aliphatic rings. The summed E-state index contributed by atoms with van der Waals surface area (Å²) in [6.45, 7) is 3.78. The lowest BCUT2D eigenvalue weighted by atomic mass is 9.98. The van der Waals surface area contributed by atoms with Crippen LogP contribution in [0.15, 0.2) is 48.9 Å². The first-order valence-corrected chi connectivity index (χ1v) is 7.03. The minimum atomic E-state index is 0.335. The Balaban J connectivity index is 2.14. The summed E-state index contributed by atoms with van der Waals surface area (Å²) in [5.41, 5.74) is 11.5. The van der Waals surface area contributed by atoms with Gasteiger partial charge in [-0.05, 0) is 66.4 Å². The van der Waals surface area contributed by atoms with Crippen LogP contribution in [0.2, 0.25) is 0 Å². The van der Waals surface area contributed by atoms with Crippen molar-refractivity contribution in [2.24, 2.45) is 0 Å². The molecule has 3 aromatic rings. The standard InChI is InChI=1S/C18H17N3O/c1-11-7-14(8-12(2)17(11)22)15-9-16(18(19)21-10-15)13-3-5-20-6-4-13/h3-10,22H,1-2H3,(H2,19,21). The van der Waals surface area contributed by atoms with Gasteiger partial charge in [0, 0.05) is 29.7 Å². The third kappa shape index (κ3) is 2.51. The predicted octanol–water partition coefficient (Wildman–Crippen LogP) is 3.72. The molecule has 0 unspecified atom stereocenters. The van der Waals surface area contributed by atoms with Gasteiger partial charge in [-0.3, -0.25) is 4.98 Å². The molecule has 0 fully saturated rings. The van der Waals surface area contributed by atoms with Gasteiger partial charge >= 0.3 is 0 Å². The Morgan fingerprint density at radius 3 is 2.18 bits per heavy atom. The topological polar surface area (TPSA) is 72.0 Å². The van der Waals surface area contributed by atoms with Crippen molar-refractivity contribution in [1.82, 2.24) is 9.97 Å². The Kier molecular flexibility index (Phi) is 3.51. The Hall–Kier alpha value is -2.88. The van der Waals surface area contributed by atoms with Gasteiger partial charge in [0.1, 0.15) is 11.6 Å². The van der Waals surface area contributed by atoms with E-state index in [2.05, 4.69) is 9.97 Å². The fourth-order valence-corrected chi connectivity index (χ4v) is 2.52. The van der Waals surface area contributed by atoms with E-state index in [-0.39, 0.29) is 0 Å². The van der Waals surface area contributed by atoms with Gasteiger partial charge in [-0.1, -0.05) is 0 Å². The summed E-state index contributed by atoms with van der Waals surface area (Å²) in [7, 11) is 0. The molecular weight excluding hydrogens is 274 g/mol. The van der Waals surface area contributed by atoms with E-state index in [4.69, 9.17) is 5.73 Å². The van der Waals surface area contributed by atoms with E-state index in [0.29, 0.717) is 11.6 Å². The molecule has 1 aromatic carbocycles. The number of hydrogen-bond donors (Lipinski definition) is 2. The van der Waals surface area contributed by atoms with Crippen LogP contribution < -0.4 is 5.73 Å². The van der Waals surface area contributed by atoms with Gasteiger partial charge < -0.3 is 10.8 Å². The Labute approximate surface area is 129 Å². The summed E-state index contributed by atoms with van der Waals surface area (Å²) in [4.78, 5) is 8.33. The van der Waals surface area contributed by atoms with E-state index in [1.54, 1.807) is 18.6 Å². The molecule has 0 saturated carbocycles. The molecular formula is C18H17N3O. The van der Waals surface area contributed by atoms with Crippen LogP contribution in [0.3, 0.4) is 0 Å². The molecule has 0 radical (unpaired) electrons. The number of benzene rings is 1. The van der Waals surface area contributed by atoms with Crippen molar-refractivity contribution in [3.05, 3.63) is 60.0 Å². The van der Waals surface area contributed by atoms with E-state index in [9.17, 15) is 5.11 Å². The number of aromatic hydroxyl groups is 1. The normalized spacial score (nSPS) is 10.6. The van der Waals surface area contributed by atoms with Crippen LogP contribution in [0.1, 0.15) is 11.1 Å². The van der Waals surface area contributed by atoms with Crippen molar-refractivity contribution in [3.63, 3.8) is 0 Å². The maximum absolute atomic E-state index is 9.91. The SMILES string of the molecule is Cc1cc(-c2cnc(N)c(-c3ccncc3)c2)cc(C)c1O. The molecule has 2 aromatic heterocycles. The minimum absolute atomic E-state index is 0.335. The third-order valence-electron chi connectivity index (χ3n) is 3.73. The predicted molar refractivity (Wildman–Crippen MR) is 88.5 cm³/mol. The van der Waals surface area contributed by atoms with Crippen LogP contribution >= 0.6 is 0 Å². The van der Waals surface area contributed by atoms with Gasteiger partial charge in [0.25, 0.3) is 0 Å². The summed E-state index contributed by atoms with van der Waals surface area (Å²) in [6, 6.07) is 9.73. The van der Waals surface area contributed by atoms with E-state index >= 15 is 0 Å². The van der Waals surface area contributed by atoms with Crippen molar-refractivity contribution < 1.29 is 5.11 Å². The molecule has 0 saturated heterocycles. The molecule has 3 rings (SSSR count). The number of nitrogens with zero attached hydrogens (tertiary/aromatic N) is 2. The van der Waals surface area contributed by atoms with Crippen LogP contribution in [0.5, 0.6) is 5.75 Å². The average molecular weight is 291 g/mol. The van der Waals surface area contributed by atoms with Crippen molar-refractivity contribution in [2.45, 2.75) is 13.8 Å². The van der Waals surface area contributed by atoms with Gasteiger partial charge in [0.2, 0.25) is 0 Å². The zero-order chi connectivity index (χ0) is 15.7.